The average Bonchev–Trinajstić information content (AvgIpc) is 3.26. The van der Waals surface area contributed by atoms with E-state index in [4.69, 9.17) is 4.74 Å². The molecule has 1 aromatic rings. The van der Waals surface area contributed by atoms with Gasteiger partial charge >= 0.3 is 0 Å². The van der Waals surface area contributed by atoms with Crippen LogP contribution >= 0.6 is 0 Å². The van der Waals surface area contributed by atoms with Crippen molar-refractivity contribution in [2.45, 2.75) is 31.7 Å². The van der Waals surface area contributed by atoms with Gasteiger partial charge in [-0.05, 0) is 43.4 Å². The van der Waals surface area contributed by atoms with Gasteiger partial charge in [0.25, 0.3) is 0 Å². The van der Waals surface area contributed by atoms with Crippen LogP contribution in [-0.4, -0.2) is 86.2 Å². The molecule has 0 bridgehead atoms. The van der Waals surface area contributed by atoms with Gasteiger partial charge < -0.3 is 14.5 Å². The van der Waals surface area contributed by atoms with Crippen LogP contribution in [0.15, 0.2) is 24.3 Å². The normalized spacial score (nSPS) is 24.9. The van der Waals surface area contributed by atoms with E-state index in [1.54, 1.807) is 7.11 Å². The number of fused-ring (bicyclic) bond motifs is 1. The molecule has 5 heteroatoms. The van der Waals surface area contributed by atoms with Crippen LogP contribution in [0.25, 0.3) is 0 Å². The number of carbonyl (C=O) groups excluding carboxylic acids is 1. The minimum absolute atomic E-state index is 0.184. The van der Waals surface area contributed by atoms with Crippen LogP contribution in [0.4, 0.5) is 0 Å². The van der Waals surface area contributed by atoms with Gasteiger partial charge in [-0.2, -0.15) is 0 Å². The highest BCUT2D eigenvalue weighted by Crippen LogP contribution is 2.26. The van der Waals surface area contributed by atoms with Gasteiger partial charge in [-0.3, -0.25) is 9.69 Å². The zero-order chi connectivity index (χ0) is 18.6. The van der Waals surface area contributed by atoms with Gasteiger partial charge in [0.15, 0.2) is 0 Å². The molecule has 1 unspecified atom stereocenters. The molecule has 0 N–H and O–H groups in total. The summed E-state index contributed by atoms with van der Waals surface area (Å²) >= 11 is 0. The van der Waals surface area contributed by atoms with Crippen LogP contribution in [0, 0.1) is 5.92 Å². The maximum absolute atomic E-state index is 13.0. The number of amides is 1. The number of nitrogens with zero attached hydrogens (tertiary/aromatic N) is 3. The molecule has 2 heterocycles. The van der Waals surface area contributed by atoms with E-state index in [2.05, 4.69) is 39.0 Å². The summed E-state index contributed by atoms with van der Waals surface area (Å²) in [5.41, 5.74) is 3.03. The molecule has 2 aliphatic heterocycles. The lowest BCUT2D eigenvalue weighted by Crippen LogP contribution is -2.42. The Kier molecular flexibility index (Phi) is 6.11. The number of carbonyl (C=O) groups is 1. The Balaban J connectivity index is 1.28. The Morgan fingerprint density at radius 1 is 1.07 bits per heavy atom. The highest BCUT2D eigenvalue weighted by Gasteiger charge is 2.33. The number of methoxy groups -OCH3 is 1. The lowest BCUT2D eigenvalue weighted by Gasteiger charge is -2.28. The fraction of sp³-hybridized carbons (Fsp3) is 0.682. The first-order valence-corrected chi connectivity index (χ1v) is 10.6. The molecule has 0 radical (unpaired) electrons. The summed E-state index contributed by atoms with van der Waals surface area (Å²) in [7, 11) is 1.74. The fourth-order valence-electron chi connectivity index (χ4n) is 5.03. The van der Waals surface area contributed by atoms with E-state index in [9.17, 15) is 4.79 Å². The van der Waals surface area contributed by atoms with Crippen LogP contribution in [-0.2, 0) is 22.4 Å². The monoisotopic (exact) mass is 371 g/mol. The number of rotatable bonds is 5. The highest BCUT2D eigenvalue weighted by atomic mass is 16.5. The number of hydrogen-bond acceptors (Lipinski definition) is 4. The van der Waals surface area contributed by atoms with Gasteiger partial charge in [0, 0.05) is 52.4 Å². The first-order chi connectivity index (χ1) is 13.2. The van der Waals surface area contributed by atoms with Gasteiger partial charge in [-0.25, -0.2) is 0 Å². The van der Waals surface area contributed by atoms with Crippen LogP contribution in [0.2, 0.25) is 0 Å². The third kappa shape index (κ3) is 4.36. The summed E-state index contributed by atoms with van der Waals surface area (Å²) in [6.45, 7) is 7.57. The third-order valence-corrected chi connectivity index (χ3v) is 6.62. The fourth-order valence-corrected chi connectivity index (χ4v) is 5.03. The summed E-state index contributed by atoms with van der Waals surface area (Å²) in [4.78, 5) is 20.2. The molecule has 0 spiro atoms. The molecule has 2 saturated heterocycles. The Labute approximate surface area is 163 Å². The quantitative estimate of drug-likeness (QED) is 0.789. The first kappa shape index (κ1) is 18.9. The summed E-state index contributed by atoms with van der Waals surface area (Å²) in [6, 6.07) is 9.48. The molecule has 1 amide bonds. The summed E-state index contributed by atoms with van der Waals surface area (Å²) in [5.74, 6) is 0.565. The molecule has 4 rings (SSSR count). The van der Waals surface area contributed by atoms with E-state index in [-0.39, 0.29) is 5.92 Å². The topological polar surface area (TPSA) is 36.0 Å². The second-order valence-electron chi connectivity index (χ2n) is 8.32. The van der Waals surface area contributed by atoms with Crippen LogP contribution in [0.5, 0.6) is 0 Å². The second-order valence-corrected chi connectivity index (χ2v) is 8.32. The van der Waals surface area contributed by atoms with Crippen molar-refractivity contribution in [1.82, 2.24) is 14.7 Å². The molecule has 1 aliphatic carbocycles. The predicted octanol–water partition coefficient (Wildman–Crippen LogP) is 1.66. The number of benzene rings is 1. The van der Waals surface area contributed by atoms with Gasteiger partial charge in [-0.1, -0.05) is 24.3 Å². The first-order valence-electron chi connectivity index (χ1n) is 10.6. The second kappa shape index (κ2) is 8.72. The average molecular weight is 372 g/mol. The van der Waals surface area contributed by atoms with Crippen molar-refractivity contribution in [3.8, 4) is 0 Å². The smallest absolute Gasteiger partial charge is 0.227 e. The Morgan fingerprint density at radius 3 is 2.59 bits per heavy atom. The zero-order valence-electron chi connectivity index (χ0n) is 16.6. The van der Waals surface area contributed by atoms with Crippen LogP contribution in [0.1, 0.15) is 24.0 Å². The lowest BCUT2D eigenvalue weighted by molar-refractivity contribution is -0.135. The SMILES string of the molecule is COCCN1CCC(C(=O)N2CCCN(C3Cc4ccccc4C3)CC2)C1. The lowest BCUT2D eigenvalue weighted by atomic mass is 10.1. The summed E-state index contributed by atoms with van der Waals surface area (Å²) < 4.78 is 5.17. The van der Waals surface area contributed by atoms with E-state index in [0.717, 1.165) is 65.3 Å². The predicted molar refractivity (Wildman–Crippen MR) is 107 cm³/mol. The van der Waals surface area contributed by atoms with E-state index in [1.165, 1.54) is 24.0 Å². The molecular weight excluding hydrogens is 338 g/mol. The molecule has 1 atom stereocenters. The van der Waals surface area contributed by atoms with Crippen LogP contribution < -0.4 is 0 Å². The van der Waals surface area contributed by atoms with Crippen molar-refractivity contribution < 1.29 is 9.53 Å². The molecule has 0 saturated carbocycles. The van der Waals surface area contributed by atoms with Gasteiger partial charge in [0.05, 0.1) is 12.5 Å². The molecule has 5 nitrogen and oxygen atoms in total. The molecular formula is C22H33N3O2. The Hall–Kier alpha value is -1.43. The number of hydrogen-bond donors (Lipinski definition) is 0. The van der Waals surface area contributed by atoms with Crippen molar-refractivity contribution in [2.24, 2.45) is 5.92 Å². The van der Waals surface area contributed by atoms with E-state index in [0.29, 0.717) is 11.9 Å². The highest BCUT2D eigenvalue weighted by molar-refractivity contribution is 5.79. The van der Waals surface area contributed by atoms with E-state index in [1.807, 2.05) is 0 Å². The van der Waals surface area contributed by atoms with E-state index < -0.39 is 0 Å². The maximum atomic E-state index is 13.0. The minimum atomic E-state index is 0.184. The van der Waals surface area contributed by atoms with Gasteiger partial charge in [0.1, 0.15) is 0 Å². The van der Waals surface area contributed by atoms with Crippen molar-refractivity contribution in [3.63, 3.8) is 0 Å². The molecule has 3 aliphatic rings. The molecule has 0 aromatic heterocycles. The number of ether oxygens (including phenoxy) is 1. The summed E-state index contributed by atoms with van der Waals surface area (Å²) in [6.07, 6.45) is 4.43. The standard InChI is InChI=1S/C22H33N3O2/c1-27-14-13-23-10-7-20(17-23)22(26)25-9-4-8-24(11-12-25)21-15-18-5-2-3-6-19(18)16-21/h2-3,5-6,20-21H,4,7-17H2,1H3. The molecule has 27 heavy (non-hydrogen) atoms. The maximum Gasteiger partial charge on any atom is 0.227 e. The van der Waals surface area contributed by atoms with Crippen molar-refractivity contribution in [3.05, 3.63) is 35.4 Å². The van der Waals surface area contributed by atoms with Gasteiger partial charge in [-0.15, -0.1) is 0 Å². The van der Waals surface area contributed by atoms with Crippen molar-refractivity contribution >= 4 is 5.91 Å². The molecule has 1 aromatic carbocycles. The zero-order valence-corrected chi connectivity index (χ0v) is 16.6. The Morgan fingerprint density at radius 2 is 1.85 bits per heavy atom. The minimum Gasteiger partial charge on any atom is -0.383 e. The molecule has 148 valence electrons. The van der Waals surface area contributed by atoms with E-state index >= 15 is 0 Å². The van der Waals surface area contributed by atoms with Crippen molar-refractivity contribution in [2.75, 3.05) is 59.5 Å². The summed E-state index contributed by atoms with van der Waals surface area (Å²) in [5, 5.41) is 0. The number of likely N-dealkylation sites (tertiary alicyclic amines) is 1. The molecule has 2 fully saturated rings. The van der Waals surface area contributed by atoms with Crippen molar-refractivity contribution in [1.29, 1.82) is 0 Å². The third-order valence-electron chi connectivity index (χ3n) is 6.62. The van der Waals surface area contributed by atoms with Gasteiger partial charge in [0.2, 0.25) is 5.91 Å². The Bertz CT molecular complexity index is 625. The van der Waals surface area contributed by atoms with Crippen LogP contribution in [0.3, 0.4) is 0 Å². The largest absolute Gasteiger partial charge is 0.383 e.